The van der Waals surface area contributed by atoms with Gasteiger partial charge in [0.2, 0.25) is 0 Å². The van der Waals surface area contributed by atoms with Crippen LogP contribution in [0.3, 0.4) is 0 Å². The van der Waals surface area contributed by atoms with Gasteiger partial charge in [-0.05, 0) is 73.7 Å². The van der Waals surface area contributed by atoms with Crippen molar-refractivity contribution < 1.29 is 23.9 Å². The van der Waals surface area contributed by atoms with Crippen molar-refractivity contribution in [2.45, 2.75) is 6.92 Å². The SMILES string of the molecule is Cc1ccc(C(=O)Oc2ccc(Br)cc2/C=N/NC(=O)C(=O)Nc2ccccc2C(=O)Nc2ccc(Cl)cc2)cc1. The minimum atomic E-state index is -1.08. The van der Waals surface area contributed by atoms with E-state index in [4.69, 9.17) is 16.3 Å². The Morgan fingerprint density at radius 1 is 0.854 bits per heavy atom. The average molecular weight is 634 g/mol. The molecule has 0 spiro atoms. The fraction of sp³-hybridized carbons (Fsp3) is 0.0333. The number of hydrogen-bond acceptors (Lipinski definition) is 6. The van der Waals surface area contributed by atoms with Crippen LogP contribution >= 0.6 is 27.5 Å². The summed E-state index contributed by atoms with van der Waals surface area (Å²) >= 11 is 9.23. The lowest BCUT2D eigenvalue weighted by Gasteiger charge is -2.11. The summed E-state index contributed by atoms with van der Waals surface area (Å²) in [7, 11) is 0. The minimum Gasteiger partial charge on any atom is -0.422 e. The number of halogens is 2. The molecule has 4 aromatic rings. The zero-order valence-electron chi connectivity index (χ0n) is 21.5. The number of carbonyl (C=O) groups is 4. The standard InChI is InChI=1S/C30H22BrClN4O5/c1-18-6-8-19(9-7-18)30(40)41-26-15-10-21(31)16-20(26)17-33-36-29(39)28(38)35-25-5-3-2-4-24(25)27(37)34-23-13-11-22(32)12-14-23/h2-17H,1H3,(H,34,37)(H,35,38)(H,36,39)/b33-17+. The maximum atomic E-state index is 12.8. The predicted molar refractivity (Wildman–Crippen MR) is 160 cm³/mol. The number of ether oxygens (including phenoxy) is 1. The molecular formula is C30H22BrClN4O5. The number of nitrogens with zero attached hydrogens (tertiary/aromatic N) is 1. The van der Waals surface area contributed by atoms with Crippen molar-refractivity contribution in [2.75, 3.05) is 10.6 Å². The highest BCUT2D eigenvalue weighted by Gasteiger charge is 2.18. The van der Waals surface area contributed by atoms with Gasteiger partial charge < -0.3 is 15.4 Å². The number of hydrogen-bond donors (Lipinski definition) is 3. The molecule has 3 N–H and O–H groups in total. The Hall–Kier alpha value is -4.80. The van der Waals surface area contributed by atoms with Crippen LogP contribution in [0.25, 0.3) is 0 Å². The van der Waals surface area contributed by atoms with Gasteiger partial charge in [-0.3, -0.25) is 14.4 Å². The van der Waals surface area contributed by atoms with E-state index in [0.29, 0.717) is 26.3 Å². The molecule has 0 saturated heterocycles. The number of aryl methyl sites for hydroxylation is 1. The predicted octanol–water partition coefficient (Wildman–Crippen LogP) is 5.97. The molecule has 0 aliphatic rings. The summed E-state index contributed by atoms with van der Waals surface area (Å²) in [6.07, 6.45) is 1.24. The van der Waals surface area contributed by atoms with E-state index in [9.17, 15) is 19.2 Å². The second-order valence-corrected chi connectivity index (χ2v) is 9.95. The first-order valence-corrected chi connectivity index (χ1v) is 13.3. The lowest BCUT2D eigenvalue weighted by Crippen LogP contribution is -2.33. The fourth-order valence-corrected chi connectivity index (χ4v) is 3.98. The van der Waals surface area contributed by atoms with Crippen molar-refractivity contribution in [1.29, 1.82) is 0 Å². The van der Waals surface area contributed by atoms with Crippen LogP contribution < -0.4 is 20.8 Å². The summed E-state index contributed by atoms with van der Waals surface area (Å²) in [5.41, 5.74) is 4.64. The fourth-order valence-electron chi connectivity index (χ4n) is 3.47. The number of amides is 3. The number of benzene rings is 4. The lowest BCUT2D eigenvalue weighted by atomic mass is 10.1. The second-order valence-electron chi connectivity index (χ2n) is 8.60. The molecule has 41 heavy (non-hydrogen) atoms. The van der Waals surface area contributed by atoms with Crippen molar-refractivity contribution in [1.82, 2.24) is 5.43 Å². The first-order valence-electron chi connectivity index (χ1n) is 12.1. The van der Waals surface area contributed by atoms with Crippen LogP contribution in [0.1, 0.15) is 31.8 Å². The van der Waals surface area contributed by atoms with Crippen molar-refractivity contribution in [2.24, 2.45) is 5.10 Å². The Morgan fingerprint density at radius 2 is 1.56 bits per heavy atom. The van der Waals surface area contributed by atoms with Gasteiger partial charge in [0, 0.05) is 20.7 Å². The van der Waals surface area contributed by atoms with Gasteiger partial charge in [-0.15, -0.1) is 0 Å². The highest BCUT2D eigenvalue weighted by molar-refractivity contribution is 9.10. The largest absolute Gasteiger partial charge is 0.422 e. The first-order chi connectivity index (χ1) is 19.7. The number of anilines is 2. The van der Waals surface area contributed by atoms with Gasteiger partial charge in [0.25, 0.3) is 5.91 Å². The molecule has 0 aromatic heterocycles. The van der Waals surface area contributed by atoms with Crippen LogP contribution in [0.15, 0.2) is 101 Å². The van der Waals surface area contributed by atoms with E-state index in [1.807, 2.05) is 6.92 Å². The molecule has 0 radical (unpaired) electrons. The van der Waals surface area contributed by atoms with Gasteiger partial charge in [-0.25, -0.2) is 10.2 Å². The molecule has 4 rings (SSSR count). The summed E-state index contributed by atoms with van der Waals surface area (Å²) < 4.78 is 6.18. The molecule has 9 nitrogen and oxygen atoms in total. The summed E-state index contributed by atoms with van der Waals surface area (Å²) in [4.78, 5) is 50.3. The van der Waals surface area contributed by atoms with E-state index in [2.05, 4.69) is 37.1 Å². The smallest absolute Gasteiger partial charge is 0.343 e. The van der Waals surface area contributed by atoms with E-state index < -0.39 is 23.7 Å². The van der Waals surface area contributed by atoms with Crippen molar-refractivity contribution in [3.63, 3.8) is 0 Å². The third kappa shape index (κ3) is 8.10. The normalized spacial score (nSPS) is 10.6. The molecule has 0 aliphatic carbocycles. The third-order valence-electron chi connectivity index (χ3n) is 5.56. The molecular weight excluding hydrogens is 612 g/mol. The quantitative estimate of drug-likeness (QED) is 0.0760. The number of para-hydroxylation sites is 1. The molecule has 0 bridgehead atoms. The molecule has 0 aliphatic heterocycles. The Labute approximate surface area is 248 Å². The third-order valence-corrected chi connectivity index (χ3v) is 6.30. The molecule has 0 heterocycles. The van der Waals surface area contributed by atoms with Crippen LogP contribution in [0.5, 0.6) is 5.75 Å². The first kappa shape index (κ1) is 29.2. The van der Waals surface area contributed by atoms with E-state index in [0.717, 1.165) is 5.56 Å². The van der Waals surface area contributed by atoms with Gasteiger partial charge in [0.15, 0.2) is 0 Å². The topological polar surface area (TPSA) is 126 Å². The summed E-state index contributed by atoms with van der Waals surface area (Å²) in [5.74, 6) is -2.99. The Kier molecular flexibility index (Phi) is 9.62. The number of carbonyl (C=O) groups excluding carboxylic acids is 4. The number of rotatable bonds is 7. The zero-order valence-corrected chi connectivity index (χ0v) is 23.8. The minimum absolute atomic E-state index is 0.125. The molecule has 0 atom stereocenters. The molecule has 3 amide bonds. The number of hydrazone groups is 1. The van der Waals surface area contributed by atoms with Gasteiger partial charge in [0.1, 0.15) is 5.75 Å². The van der Waals surface area contributed by atoms with Crippen LogP contribution in [-0.2, 0) is 9.59 Å². The highest BCUT2D eigenvalue weighted by Crippen LogP contribution is 2.23. The Balaban J connectivity index is 1.40. The summed E-state index contributed by atoms with van der Waals surface area (Å²) in [5, 5.41) is 9.47. The number of esters is 1. The maximum absolute atomic E-state index is 12.8. The molecule has 0 unspecified atom stereocenters. The second kappa shape index (κ2) is 13.5. The van der Waals surface area contributed by atoms with E-state index >= 15 is 0 Å². The zero-order chi connectivity index (χ0) is 29.4. The van der Waals surface area contributed by atoms with Crippen LogP contribution in [0, 0.1) is 6.92 Å². The van der Waals surface area contributed by atoms with Gasteiger partial charge in [-0.2, -0.15) is 5.10 Å². The molecule has 11 heteroatoms. The molecule has 0 saturated carbocycles. The highest BCUT2D eigenvalue weighted by atomic mass is 79.9. The summed E-state index contributed by atoms with van der Waals surface area (Å²) in [6, 6.07) is 24.5. The maximum Gasteiger partial charge on any atom is 0.343 e. The molecule has 0 fully saturated rings. The van der Waals surface area contributed by atoms with Gasteiger partial charge >= 0.3 is 17.8 Å². The summed E-state index contributed by atoms with van der Waals surface area (Å²) in [6.45, 7) is 1.91. The van der Waals surface area contributed by atoms with Gasteiger partial charge in [0.05, 0.1) is 23.0 Å². The van der Waals surface area contributed by atoms with Crippen LogP contribution in [-0.4, -0.2) is 29.9 Å². The Morgan fingerprint density at radius 3 is 2.29 bits per heavy atom. The average Bonchev–Trinajstić information content (AvgIpc) is 2.96. The Bertz CT molecular complexity index is 1640. The molecule has 206 valence electrons. The van der Waals surface area contributed by atoms with Crippen LogP contribution in [0.4, 0.5) is 11.4 Å². The monoisotopic (exact) mass is 632 g/mol. The number of nitrogens with one attached hydrogen (secondary N) is 3. The van der Waals surface area contributed by atoms with E-state index in [1.165, 1.54) is 18.3 Å². The van der Waals surface area contributed by atoms with Gasteiger partial charge in [-0.1, -0.05) is 57.4 Å². The van der Waals surface area contributed by atoms with E-state index in [-0.39, 0.29) is 17.0 Å². The van der Waals surface area contributed by atoms with Crippen LogP contribution in [0.2, 0.25) is 5.02 Å². The van der Waals surface area contributed by atoms with Crippen molar-refractivity contribution >= 4 is 68.8 Å². The van der Waals surface area contributed by atoms with E-state index in [1.54, 1.807) is 78.9 Å². The molecule has 4 aromatic carbocycles. The van der Waals surface area contributed by atoms with Crippen molar-refractivity contribution in [3.05, 3.63) is 123 Å². The lowest BCUT2D eigenvalue weighted by molar-refractivity contribution is -0.136. The van der Waals surface area contributed by atoms with Crippen molar-refractivity contribution in [3.8, 4) is 5.75 Å².